The lowest BCUT2D eigenvalue weighted by atomic mass is 10.2. The number of halogens is 2. The van der Waals surface area contributed by atoms with Crippen LogP contribution < -0.4 is 4.90 Å². The standard InChI is InChI=1S/C19H19Br2N3OS/c1-23(2)10-5-11-24(18(25)14-6-3-4-7-15(14)21)19-22-16-9-8-13(20)12-17(16)26-19/h3-4,6-9,12H,5,10-11H2,1-2H3. The molecule has 0 unspecified atom stereocenters. The molecule has 1 heterocycles. The molecule has 0 aliphatic heterocycles. The summed E-state index contributed by atoms with van der Waals surface area (Å²) in [6.07, 6.45) is 0.878. The predicted molar refractivity (Wildman–Crippen MR) is 116 cm³/mol. The highest BCUT2D eigenvalue weighted by molar-refractivity contribution is 9.10. The zero-order chi connectivity index (χ0) is 18.7. The first-order chi connectivity index (χ1) is 12.5. The zero-order valence-corrected chi connectivity index (χ0v) is 18.6. The number of carbonyl (C=O) groups excluding carboxylic acids is 1. The SMILES string of the molecule is CN(C)CCCN(C(=O)c1ccccc1Br)c1nc2ccc(Br)cc2s1. The van der Waals surface area contributed by atoms with Crippen molar-refractivity contribution in [3.05, 3.63) is 57.0 Å². The van der Waals surface area contributed by atoms with E-state index in [0.717, 1.165) is 37.3 Å². The summed E-state index contributed by atoms with van der Waals surface area (Å²) in [4.78, 5) is 21.8. The van der Waals surface area contributed by atoms with Crippen LogP contribution in [-0.2, 0) is 0 Å². The second-order valence-electron chi connectivity index (χ2n) is 6.20. The first kappa shape index (κ1) is 19.5. The normalized spacial score (nSPS) is 11.3. The number of amides is 1. The van der Waals surface area contributed by atoms with Crippen molar-refractivity contribution in [1.82, 2.24) is 9.88 Å². The summed E-state index contributed by atoms with van der Waals surface area (Å²) in [6.45, 7) is 1.54. The van der Waals surface area contributed by atoms with Crippen LogP contribution in [-0.4, -0.2) is 43.0 Å². The van der Waals surface area contributed by atoms with E-state index in [1.807, 2.05) is 56.6 Å². The minimum absolute atomic E-state index is 0.0330. The fraction of sp³-hybridized carbons (Fsp3) is 0.263. The van der Waals surface area contributed by atoms with E-state index in [9.17, 15) is 4.79 Å². The van der Waals surface area contributed by atoms with Crippen molar-refractivity contribution in [2.24, 2.45) is 0 Å². The molecule has 0 radical (unpaired) electrons. The number of anilines is 1. The summed E-state index contributed by atoms with van der Waals surface area (Å²) >= 11 is 8.54. The second kappa shape index (κ2) is 8.61. The smallest absolute Gasteiger partial charge is 0.261 e. The molecule has 0 atom stereocenters. The number of benzene rings is 2. The van der Waals surface area contributed by atoms with Gasteiger partial charge in [0, 0.05) is 15.5 Å². The number of thiazole rings is 1. The minimum atomic E-state index is -0.0330. The third-order valence-corrected chi connectivity index (χ3v) is 6.13. The Morgan fingerprint density at radius 3 is 2.62 bits per heavy atom. The van der Waals surface area contributed by atoms with Crippen LogP contribution in [0.4, 0.5) is 5.13 Å². The van der Waals surface area contributed by atoms with Crippen molar-refractivity contribution in [2.45, 2.75) is 6.42 Å². The molecule has 136 valence electrons. The third-order valence-electron chi connectivity index (χ3n) is 3.91. The Labute approximate surface area is 174 Å². The van der Waals surface area contributed by atoms with Gasteiger partial charge in [-0.05, 0) is 73.3 Å². The first-order valence-electron chi connectivity index (χ1n) is 8.23. The number of rotatable bonds is 6. The fourth-order valence-corrected chi connectivity index (χ4v) is 4.61. The Morgan fingerprint density at radius 2 is 1.88 bits per heavy atom. The van der Waals surface area contributed by atoms with Crippen LogP contribution in [0.3, 0.4) is 0 Å². The maximum absolute atomic E-state index is 13.2. The van der Waals surface area contributed by atoms with Crippen LogP contribution in [0.25, 0.3) is 10.2 Å². The molecular weight excluding hydrogens is 478 g/mol. The average Bonchev–Trinajstić information content (AvgIpc) is 3.01. The lowest BCUT2D eigenvalue weighted by Gasteiger charge is -2.21. The molecular formula is C19H19Br2N3OS. The molecule has 0 N–H and O–H groups in total. The largest absolute Gasteiger partial charge is 0.309 e. The maximum atomic E-state index is 13.2. The minimum Gasteiger partial charge on any atom is -0.309 e. The van der Waals surface area contributed by atoms with Gasteiger partial charge in [-0.2, -0.15) is 0 Å². The highest BCUT2D eigenvalue weighted by Crippen LogP contribution is 2.32. The Hall–Kier alpha value is -1.28. The van der Waals surface area contributed by atoms with E-state index in [4.69, 9.17) is 4.98 Å². The lowest BCUT2D eigenvalue weighted by Crippen LogP contribution is -2.33. The summed E-state index contributed by atoms with van der Waals surface area (Å²) in [5.41, 5.74) is 1.56. The van der Waals surface area contributed by atoms with Gasteiger partial charge >= 0.3 is 0 Å². The van der Waals surface area contributed by atoms with Gasteiger partial charge in [-0.15, -0.1) is 0 Å². The van der Waals surface area contributed by atoms with Gasteiger partial charge in [0.05, 0.1) is 15.8 Å². The van der Waals surface area contributed by atoms with Crippen LogP contribution in [0, 0.1) is 0 Å². The molecule has 26 heavy (non-hydrogen) atoms. The van der Waals surface area contributed by atoms with E-state index in [0.29, 0.717) is 12.1 Å². The van der Waals surface area contributed by atoms with Gasteiger partial charge in [0.1, 0.15) is 0 Å². The Morgan fingerprint density at radius 1 is 1.12 bits per heavy atom. The molecule has 1 amide bonds. The first-order valence-corrected chi connectivity index (χ1v) is 10.6. The quantitative estimate of drug-likeness (QED) is 0.457. The van der Waals surface area contributed by atoms with Crippen LogP contribution in [0.5, 0.6) is 0 Å². The van der Waals surface area contributed by atoms with Crippen molar-refractivity contribution in [2.75, 3.05) is 32.1 Å². The molecule has 0 aliphatic rings. The van der Waals surface area contributed by atoms with E-state index in [2.05, 4.69) is 36.8 Å². The number of nitrogens with zero attached hydrogens (tertiary/aromatic N) is 3. The number of hydrogen-bond acceptors (Lipinski definition) is 4. The van der Waals surface area contributed by atoms with Gasteiger partial charge in [-0.1, -0.05) is 39.4 Å². The fourth-order valence-electron chi connectivity index (χ4n) is 2.61. The molecule has 0 saturated heterocycles. The molecule has 0 spiro atoms. The van der Waals surface area contributed by atoms with Gasteiger partial charge in [0.15, 0.2) is 5.13 Å². The molecule has 7 heteroatoms. The van der Waals surface area contributed by atoms with Crippen molar-refractivity contribution < 1.29 is 4.79 Å². The van der Waals surface area contributed by atoms with Gasteiger partial charge in [0.2, 0.25) is 0 Å². The van der Waals surface area contributed by atoms with Crippen molar-refractivity contribution in [3.8, 4) is 0 Å². The Kier molecular flexibility index (Phi) is 6.45. The summed E-state index contributed by atoms with van der Waals surface area (Å²) in [6, 6.07) is 13.5. The van der Waals surface area contributed by atoms with E-state index < -0.39 is 0 Å². The number of aromatic nitrogens is 1. The molecule has 1 aromatic heterocycles. The summed E-state index contributed by atoms with van der Waals surface area (Å²) < 4.78 is 2.87. The molecule has 0 fully saturated rings. The van der Waals surface area contributed by atoms with Crippen LogP contribution >= 0.6 is 43.2 Å². The van der Waals surface area contributed by atoms with Crippen molar-refractivity contribution >= 4 is 64.5 Å². The summed E-state index contributed by atoms with van der Waals surface area (Å²) in [7, 11) is 4.07. The summed E-state index contributed by atoms with van der Waals surface area (Å²) in [5.74, 6) is -0.0330. The Bertz CT molecular complexity index is 926. The van der Waals surface area contributed by atoms with Gasteiger partial charge in [-0.3, -0.25) is 9.69 Å². The Balaban J connectivity index is 1.96. The van der Waals surface area contributed by atoms with Crippen molar-refractivity contribution in [1.29, 1.82) is 0 Å². The number of fused-ring (bicyclic) bond motifs is 1. The summed E-state index contributed by atoms with van der Waals surface area (Å²) in [5, 5.41) is 0.734. The average molecular weight is 497 g/mol. The van der Waals surface area contributed by atoms with E-state index in [1.54, 1.807) is 16.2 Å². The topological polar surface area (TPSA) is 36.4 Å². The molecule has 0 aliphatic carbocycles. The van der Waals surface area contributed by atoms with Crippen LogP contribution in [0.2, 0.25) is 0 Å². The third kappa shape index (κ3) is 4.52. The molecule has 2 aromatic carbocycles. The van der Waals surface area contributed by atoms with E-state index >= 15 is 0 Å². The maximum Gasteiger partial charge on any atom is 0.261 e. The van der Waals surface area contributed by atoms with Crippen LogP contribution in [0.15, 0.2) is 51.4 Å². The molecule has 4 nitrogen and oxygen atoms in total. The highest BCUT2D eigenvalue weighted by Gasteiger charge is 2.22. The predicted octanol–water partition coefficient (Wildman–Crippen LogP) is 5.42. The molecule has 3 rings (SSSR count). The van der Waals surface area contributed by atoms with Crippen molar-refractivity contribution in [3.63, 3.8) is 0 Å². The monoisotopic (exact) mass is 495 g/mol. The molecule has 0 saturated carbocycles. The van der Waals surface area contributed by atoms with Gasteiger partial charge in [0.25, 0.3) is 5.91 Å². The second-order valence-corrected chi connectivity index (χ2v) is 8.98. The molecule has 0 bridgehead atoms. The van der Waals surface area contributed by atoms with E-state index in [-0.39, 0.29) is 5.91 Å². The number of hydrogen-bond donors (Lipinski definition) is 0. The highest BCUT2D eigenvalue weighted by atomic mass is 79.9. The van der Waals surface area contributed by atoms with Gasteiger partial charge in [-0.25, -0.2) is 4.98 Å². The van der Waals surface area contributed by atoms with E-state index in [1.165, 1.54) is 0 Å². The lowest BCUT2D eigenvalue weighted by molar-refractivity contribution is 0.0985. The molecule has 3 aromatic rings. The number of carbonyl (C=O) groups is 1. The van der Waals surface area contributed by atoms with Gasteiger partial charge < -0.3 is 4.90 Å². The zero-order valence-electron chi connectivity index (χ0n) is 14.6. The van der Waals surface area contributed by atoms with Crippen LogP contribution in [0.1, 0.15) is 16.8 Å².